The lowest BCUT2D eigenvalue weighted by Crippen LogP contribution is -2.48. The summed E-state index contributed by atoms with van der Waals surface area (Å²) in [6, 6.07) is 34.2. The summed E-state index contributed by atoms with van der Waals surface area (Å²) in [6.07, 6.45) is 0.818. The van der Waals surface area contributed by atoms with E-state index in [2.05, 4.69) is 27.0 Å². The number of alkyl carbamates (subject to hydrolysis) is 1. The third kappa shape index (κ3) is 7.42. The van der Waals surface area contributed by atoms with E-state index in [1.165, 1.54) is 7.11 Å². The van der Waals surface area contributed by atoms with Crippen molar-refractivity contribution in [1.82, 2.24) is 15.6 Å². The summed E-state index contributed by atoms with van der Waals surface area (Å²) in [5.74, 6) is -0.786. The first kappa shape index (κ1) is 31.4. The molecule has 236 valence electrons. The van der Waals surface area contributed by atoms with Crippen LogP contribution in [-0.2, 0) is 20.7 Å². The van der Waals surface area contributed by atoms with E-state index in [0.717, 1.165) is 39.7 Å². The normalized spacial score (nSPS) is 17.0. The Hall–Kier alpha value is -4.63. The van der Waals surface area contributed by atoms with Crippen molar-refractivity contribution in [3.05, 3.63) is 137 Å². The van der Waals surface area contributed by atoms with Crippen molar-refractivity contribution in [1.29, 1.82) is 0 Å². The molecular weight excluding hydrogens is 600 g/mol. The van der Waals surface area contributed by atoms with Crippen molar-refractivity contribution in [3.63, 3.8) is 0 Å². The van der Waals surface area contributed by atoms with Gasteiger partial charge in [-0.15, -0.1) is 0 Å². The van der Waals surface area contributed by atoms with Crippen molar-refractivity contribution < 1.29 is 19.1 Å². The van der Waals surface area contributed by atoms with Crippen LogP contribution in [0.1, 0.15) is 40.8 Å². The van der Waals surface area contributed by atoms with Crippen LogP contribution in [0, 0.1) is 0 Å². The van der Waals surface area contributed by atoms with Gasteiger partial charge in [-0.2, -0.15) is 0 Å². The number of benzene rings is 4. The first-order valence-electron chi connectivity index (χ1n) is 15.4. The predicted molar refractivity (Wildman–Crippen MR) is 181 cm³/mol. The van der Waals surface area contributed by atoms with Gasteiger partial charge in [-0.3, -0.25) is 4.79 Å². The number of carbonyl (C=O) groups is 2. The third-order valence-electron chi connectivity index (χ3n) is 8.47. The number of methoxy groups -OCH3 is 1. The Labute approximate surface area is 273 Å². The van der Waals surface area contributed by atoms with Gasteiger partial charge in [-0.25, -0.2) is 4.79 Å². The van der Waals surface area contributed by atoms with Crippen molar-refractivity contribution in [2.75, 3.05) is 25.6 Å². The van der Waals surface area contributed by atoms with E-state index in [-0.39, 0.29) is 18.1 Å². The molecule has 9 heteroatoms. The van der Waals surface area contributed by atoms with Gasteiger partial charge in [0.2, 0.25) is 5.91 Å². The first-order chi connectivity index (χ1) is 22.5. The Morgan fingerprint density at radius 1 is 0.935 bits per heavy atom. The van der Waals surface area contributed by atoms with Crippen LogP contribution in [0.4, 0.5) is 10.5 Å². The van der Waals surface area contributed by atoms with E-state index >= 15 is 0 Å². The van der Waals surface area contributed by atoms with Crippen LogP contribution in [0.5, 0.6) is 0 Å². The molecule has 6 rings (SSSR count). The van der Waals surface area contributed by atoms with E-state index in [0.29, 0.717) is 30.3 Å². The maximum atomic E-state index is 14.0. The number of aryl methyl sites for hydroxylation is 1. The maximum absolute atomic E-state index is 14.0. The van der Waals surface area contributed by atoms with E-state index in [4.69, 9.17) is 21.1 Å². The maximum Gasteiger partial charge on any atom is 0.407 e. The van der Waals surface area contributed by atoms with Gasteiger partial charge in [0.15, 0.2) is 0 Å². The molecule has 1 aliphatic heterocycles. The van der Waals surface area contributed by atoms with Gasteiger partial charge < -0.3 is 30.4 Å². The Balaban J connectivity index is 1.14. The molecule has 0 unspecified atom stereocenters. The molecule has 1 saturated heterocycles. The molecular formula is C37H37ClN4O4. The zero-order valence-corrected chi connectivity index (χ0v) is 26.3. The molecule has 5 aromatic rings. The summed E-state index contributed by atoms with van der Waals surface area (Å²) in [5, 5.41) is 11.3. The Kier molecular flexibility index (Phi) is 9.98. The molecule has 0 bridgehead atoms. The molecule has 1 aliphatic rings. The molecule has 3 atom stereocenters. The average Bonchev–Trinajstić information content (AvgIpc) is 3.52. The number of carbonyl (C=O) groups excluding carboxylic acids is 2. The largest absolute Gasteiger partial charge is 0.453 e. The lowest BCUT2D eigenvalue weighted by atomic mass is 9.84. The third-order valence-corrected chi connectivity index (χ3v) is 8.71. The number of nitrogens with one attached hydrogen (secondary N) is 4. The Bertz CT molecular complexity index is 1730. The van der Waals surface area contributed by atoms with Gasteiger partial charge in [-0.05, 0) is 59.9 Å². The number of H-pyrrole nitrogens is 1. The van der Waals surface area contributed by atoms with Gasteiger partial charge in [0.25, 0.3) is 0 Å². The van der Waals surface area contributed by atoms with Crippen molar-refractivity contribution in [3.8, 4) is 0 Å². The molecule has 8 nitrogen and oxygen atoms in total. The Morgan fingerprint density at radius 3 is 2.30 bits per heavy atom. The highest BCUT2D eigenvalue weighted by Crippen LogP contribution is 2.30. The molecule has 0 aliphatic carbocycles. The smallest absolute Gasteiger partial charge is 0.407 e. The molecule has 2 amide bonds. The standard InChI is InChI=1S/C37H37ClN4O4/c1-45-37(44)42-35(34(25-11-4-2-5-12-25)26-13-6-3-7-14-26)36(43)41-30-15-9-8-10-24(30)16-18-29-22-39-33(23-46-29)32-21-27-20-28(38)17-19-31(27)40-32/h2-15,17,19-21,29,33-35,39-40H,16,18,22-23H2,1H3,(H,41,43)(H,42,44)/t29-,33+,35+/m1/s1. The minimum atomic E-state index is -0.936. The van der Waals surface area contributed by atoms with Gasteiger partial charge in [0.05, 0.1) is 25.9 Å². The number of ether oxygens (including phenoxy) is 2. The van der Waals surface area contributed by atoms with Gasteiger partial charge in [0.1, 0.15) is 6.04 Å². The van der Waals surface area contributed by atoms with E-state index in [1.54, 1.807) is 0 Å². The highest BCUT2D eigenvalue weighted by molar-refractivity contribution is 6.31. The fourth-order valence-electron chi connectivity index (χ4n) is 6.09. The number of halogens is 1. The first-order valence-corrected chi connectivity index (χ1v) is 15.8. The topological polar surface area (TPSA) is 104 Å². The van der Waals surface area contributed by atoms with Crippen LogP contribution in [0.3, 0.4) is 0 Å². The lowest BCUT2D eigenvalue weighted by molar-refractivity contribution is -0.118. The summed E-state index contributed by atoms with van der Waals surface area (Å²) in [5.41, 5.74) is 5.60. The number of anilines is 1. The predicted octanol–water partition coefficient (Wildman–Crippen LogP) is 6.98. The second-order valence-electron chi connectivity index (χ2n) is 11.5. The number of hydrogen-bond acceptors (Lipinski definition) is 5. The lowest BCUT2D eigenvalue weighted by Gasteiger charge is -2.30. The number of aromatic nitrogens is 1. The molecule has 4 N–H and O–H groups in total. The fraction of sp³-hybridized carbons (Fsp3) is 0.243. The summed E-state index contributed by atoms with van der Waals surface area (Å²) in [4.78, 5) is 30.0. The zero-order chi connectivity index (χ0) is 31.9. The van der Waals surface area contributed by atoms with Gasteiger partial charge in [-0.1, -0.05) is 90.5 Å². The second-order valence-corrected chi connectivity index (χ2v) is 11.9. The summed E-state index contributed by atoms with van der Waals surface area (Å²) in [7, 11) is 1.29. The number of hydrogen-bond donors (Lipinski definition) is 4. The van der Waals surface area contributed by atoms with Crippen molar-refractivity contribution in [2.45, 2.75) is 36.9 Å². The van der Waals surface area contributed by atoms with E-state index < -0.39 is 18.1 Å². The van der Waals surface area contributed by atoms with Crippen LogP contribution >= 0.6 is 11.6 Å². The SMILES string of the molecule is COC(=O)N[C@H](C(=O)Nc1ccccc1CC[C@@H]1CN[C@H](c2cc3cc(Cl)ccc3[nH]2)CO1)C(c1ccccc1)c1ccccc1. The summed E-state index contributed by atoms with van der Waals surface area (Å²) >= 11 is 6.16. The minimum Gasteiger partial charge on any atom is -0.453 e. The summed E-state index contributed by atoms with van der Waals surface area (Å²) in [6.45, 7) is 1.25. The molecule has 0 radical (unpaired) electrons. The minimum absolute atomic E-state index is 0.0214. The molecule has 4 aromatic carbocycles. The molecule has 46 heavy (non-hydrogen) atoms. The molecule has 0 spiro atoms. The number of aromatic amines is 1. The number of morpholine rings is 1. The zero-order valence-electron chi connectivity index (χ0n) is 25.5. The highest BCUT2D eigenvalue weighted by atomic mass is 35.5. The molecule has 1 aromatic heterocycles. The van der Waals surface area contributed by atoms with Crippen LogP contribution in [0.15, 0.2) is 109 Å². The van der Waals surface area contributed by atoms with Crippen molar-refractivity contribution in [2.24, 2.45) is 0 Å². The van der Waals surface area contributed by atoms with E-state index in [9.17, 15) is 9.59 Å². The number of fused-ring (bicyclic) bond motifs is 1. The molecule has 2 heterocycles. The van der Waals surface area contributed by atoms with Gasteiger partial charge >= 0.3 is 6.09 Å². The number of amides is 2. The van der Waals surface area contributed by atoms with Crippen LogP contribution < -0.4 is 16.0 Å². The fourth-order valence-corrected chi connectivity index (χ4v) is 6.27. The number of rotatable bonds is 10. The second kappa shape index (κ2) is 14.6. The quantitative estimate of drug-likeness (QED) is 0.132. The highest BCUT2D eigenvalue weighted by Gasteiger charge is 2.33. The Morgan fingerprint density at radius 2 is 1.63 bits per heavy atom. The van der Waals surface area contributed by atoms with Crippen LogP contribution in [0.2, 0.25) is 5.02 Å². The van der Waals surface area contributed by atoms with Gasteiger partial charge in [0, 0.05) is 39.8 Å². The molecule has 1 fully saturated rings. The van der Waals surface area contributed by atoms with Crippen LogP contribution in [-0.4, -0.2) is 49.4 Å². The van der Waals surface area contributed by atoms with E-state index in [1.807, 2.05) is 103 Å². The van der Waals surface area contributed by atoms with Crippen molar-refractivity contribution >= 4 is 40.2 Å². The van der Waals surface area contributed by atoms with Crippen LogP contribution in [0.25, 0.3) is 10.9 Å². The average molecular weight is 637 g/mol. The molecule has 0 saturated carbocycles. The number of para-hydroxylation sites is 1. The monoisotopic (exact) mass is 636 g/mol. The summed E-state index contributed by atoms with van der Waals surface area (Å²) < 4.78 is 11.2.